The topological polar surface area (TPSA) is 58.2 Å². The minimum atomic E-state index is -0.318. The predicted octanol–water partition coefficient (Wildman–Crippen LogP) is 6.67. The van der Waals surface area contributed by atoms with Crippen LogP contribution in [0.5, 0.6) is 0 Å². The number of rotatable bonds is 3. The van der Waals surface area contributed by atoms with Crippen LogP contribution in [0.1, 0.15) is 32.8 Å². The van der Waals surface area contributed by atoms with Gasteiger partial charge in [-0.15, -0.1) is 0 Å². The number of aryl methyl sites for hydroxylation is 1. The molecule has 4 rings (SSSR count). The lowest BCUT2D eigenvalue weighted by atomic mass is 9.97. The first-order chi connectivity index (χ1) is 14.2. The number of anilines is 1. The molecule has 1 aliphatic heterocycles. The number of benzene rings is 1. The summed E-state index contributed by atoms with van der Waals surface area (Å²) in [6, 6.07) is 8.61. The maximum absolute atomic E-state index is 9.60. The van der Waals surface area contributed by atoms with Crippen LogP contribution in [0.3, 0.4) is 0 Å². The van der Waals surface area contributed by atoms with Gasteiger partial charge in [-0.3, -0.25) is 4.79 Å². The fourth-order valence-corrected chi connectivity index (χ4v) is 5.11. The summed E-state index contributed by atoms with van der Waals surface area (Å²) in [6.45, 7) is 7.03. The molecule has 0 unspecified atom stereocenters. The van der Waals surface area contributed by atoms with Crippen LogP contribution < -0.4 is 4.90 Å². The molecule has 2 aromatic heterocycles. The quantitative estimate of drug-likeness (QED) is 0.288. The standard InChI is InChI=1S/C17H15ClIN3S.C5H10O2/c1-22-8-2-3-10-4-5-11(9-13(10)22)14-15-12(18)6-7-20-16(15)21-17(14)23-19;1-5(2,3)7-4-6/h4-7,9H,2-3,8H2,1H3,(H,20,21);4H,1-3H3. The molecule has 3 aromatic rings. The fourth-order valence-electron chi connectivity index (χ4n) is 3.45. The number of carbonyl (C=O) groups is 1. The molecule has 5 nitrogen and oxygen atoms in total. The smallest absolute Gasteiger partial charge is 0.293 e. The normalized spacial score (nSPS) is 13.5. The molecular weight excluding hydrogens is 533 g/mol. The van der Waals surface area contributed by atoms with E-state index in [4.69, 9.17) is 11.6 Å². The van der Waals surface area contributed by atoms with E-state index in [9.17, 15) is 4.79 Å². The third kappa shape index (κ3) is 5.23. The van der Waals surface area contributed by atoms with Crippen molar-refractivity contribution >= 4 is 64.9 Å². The van der Waals surface area contributed by atoms with Gasteiger partial charge in [-0.05, 0) is 65.8 Å². The summed E-state index contributed by atoms with van der Waals surface area (Å²) in [5.41, 5.74) is 5.62. The number of hydrogen-bond donors (Lipinski definition) is 1. The van der Waals surface area contributed by atoms with Crippen LogP contribution in [0.25, 0.3) is 22.2 Å². The highest BCUT2D eigenvalue weighted by Gasteiger charge is 2.20. The summed E-state index contributed by atoms with van der Waals surface area (Å²) in [7, 11) is 3.83. The van der Waals surface area contributed by atoms with E-state index in [0.717, 1.165) is 39.6 Å². The van der Waals surface area contributed by atoms with Crippen molar-refractivity contribution in [1.82, 2.24) is 9.97 Å². The molecule has 0 saturated heterocycles. The van der Waals surface area contributed by atoms with Crippen molar-refractivity contribution in [3.8, 4) is 11.1 Å². The van der Waals surface area contributed by atoms with Gasteiger partial charge >= 0.3 is 0 Å². The summed E-state index contributed by atoms with van der Waals surface area (Å²) >= 11 is 8.78. The van der Waals surface area contributed by atoms with Crippen LogP contribution in [0.15, 0.2) is 35.5 Å². The van der Waals surface area contributed by atoms with E-state index in [1.54, 1.807) is 15.1 Å². The molecular formula is C22H25ClIN3O2S. The second-order valence-corrected chi connectivity index (χ2v) is 10.4. The molecule has 0 radical (unpaired) electrons. The first-order valence-electron chi connectivity index (χ1n) is 9.66. The van der Waals surface area contributed by atoms with Crippen molar-refractivity contribution in [2.75, 3.05) is 18.5 Å². The van der Waals surface area contributed by atoms with E-state index in [2.05, 4.69) is 66.1 Å². The summed E-state index contributed by atoms with van der Waals surface area (Å²) in [6.07, 6.45) is 4.12. The number of halogens is 2. The summed E-state index contributed by atoms with van der Waals surface area (Å²) in [5, 5.41) is 2.84. The summed E-state index contributed by atoms with van der Waals surface area (Å²) in [5.74, 6) is 0. The second kappa shape index (κ2) is 9.78. The number of hydrogen-bond acceptors (Lipinski definition) is 5. The van der Waals surface area contributed by atoms with E-state index in [-0.39, 0.29) is 5.60 Å². The van der Waals surface area contributed by atoms with Crippen molar-refractivity contribution in [2.24, 2.45) is 0 Å². The first-order valence-corrected chi connectivity index (χ1v) is 13.4. The number of pyridine rings is 1. The lowest BCUT2D eigenvalue weighted by molar-refractivity contribution is -0.138. The molecule has 0 bridgehead atoms. The van der Waals surface area contributed by atoms with Crippen LogP contribution in [-0.4, -0.2) is 35.6 Å². The Morgan fingerprint density at radius 3 is 2.73 bits per heavy atom. The summed E-state index contributed by atoms with van der Waals surface area (Å²) in [4.78, 5) is 19.8. The highest BCUT2D eigenvalue weighted by Crippen LogP contribution is 2.43. The SMILES string of the molecule is CC(C)(C)OC=O.CN1CCCc2ccc(-c3c(SI)[nH]c4nccc(Cl)c34)cc21. The molecule has 1 aliphatic rings. The van der Waals surface area contributed by atoms with Crippen molar-refractivity contribution < 1.29 is 9.53 Å². The highest BCUT2D eigenvalue weighted by atomic mass is 127. The van der Waals surface area contributed by atoms with Crippen LogP contribution in [0.4, 0.5) is 5.69 Å². The Hall–Kier alpha value is -1.45. The van der Waals surface area contributed by atoms with Crippen molar-refractivity contribution in [3.63, 3.8) is 0 Å². The van der Waals surface area contributed by atoms with Gasteiger partial charge in [0.05, 0.1) is 10.0 Å². The number of H-pyrrole nitrogens is 1. The Morgan fingerprint density at radius 2 is 2.10 bits per heavy atom. The van der Waals surface area contributed by atoms with Crippen LogP contribution in [0.2, 0.25) is 5.02 Å². The Labute approximate surface area is 198 Å². The molecule has 3 heterocycles. The van der Waals surface area contributed by atoms with Gasteiger partial charge < -0.3 is 14.6 Å². The number of carbonyl (C=O) groups excluding carboxylic acids is 1. The minimum absolute atomic E-state index is 0.318. The lowest BCUT2D eigenvalue weighted by Crippen LogP contribution is -2.24. The van der Waals surface area contributed by atoms with E-state index < -0.39 is 0 Å². The molecule has 0 saturated carbocycles. The van der Waals surface area contributed by atoms with Crippen molar-refractivity contribution in [2.45, 2.75) is 44.2 Å². The second-order valence-electron chi connectivity index (χ2n) is 8.12. The zero-order valence-electron chi connectivity index (χ0n) is 17.5. The van der Waals surface area contributed by atoms with Crippen LogP contribution in [0, 0.1) is 0 Å². The van der Waals surface area contributed by atoms with Crippen LogP contribution >= 0.6 is 41.7 Å². The molecule has 30 heavy (non-hydrogen) atoms. The van der Waals surface area contributed by atoms with E-state index in [1.807, 2.05) is 26.8 Å². The molecule has 8 heteroatoms. The van der Waals surface area contributed by atoms with Gasteiger partial charge in [-0.1, -0.05) is 23.7 Å². The molecule has 0 aliphatic carbocycles. The van der Waals surface area contributed by atoms with E-state index in [1.165, 1.54) is 23.2 Å². The maximum atomic E-state index is 9.60. The summed E-state index contributed by atoms with van der Waals surface area (Å²) < 4.78 is 4.55. The van der Waals surface area contributed by atoms with Gasteiger partial charge in [0, 0.05) is 57.6 Å². The van der Waals surface area contributed by atoms with Gasteiger partial charge in [0.25, 0.3) is 6.47 Å². The van der Waals surface area contributed by atoms with E-state index >= 15 is 0 Å². The average Bonchev–Trinajstić information content (AvgIpc) is 3.08. The molecule has 1 aromatic carbocycles. The third-order valence-electron chi connectivity index (χ3n) is 4.81. The zero-order valence-corrected chi connectivity index (χ0v) is 21.2. The Morgan fingerprint density at radius 1 is 1.33 bits per heavy atom. The number of ether oxygens (including phenoxy) is 1. The average molecular weight is 558 g/mol. The first kappa shape index (κ1) is 23.2. The van der Waals surface area contributed by atoms with Crippen LogP contribution in [-0.2, 0) is 16.0 Å². The van der Waals surface area contributed by atoms with Crippen molar-refractivity contribution in [1.29, 1.82) is 0 Å². The van der Waals surface area contributed by atoms with Gasteiger partial charge in [0.15, 0.2) is 0 Å². The minimum Gasteiger partial charge on any atom is -0.462 e. The zero-order chi connectivity index (χ0) is 21.9. The Balaban J connectivity index is 0.000000318. The molecule has 1 N–H and O–H groups in total. The number of aromatic amines is 1. The third-order valence-corrected chi connectivity index (χ3v) is 6.91. The molecule has 0 atom stereocenters. The molecule has 0 amide bonds. The maximum Gasteiger partial charge on any atom is 0.293 e. The fraction of sp³-hybridized carbons (Fsp3) is 0.364. The van der Waals surface area contributed by atoms with Crippen molar-refractivity contribution in [3.05, 3.63) is 41.0 Å². The Bertz CT molecular complexity index is 1050. The number of aromatic nitrogens is 2. The molecule has 0 spiro atoms. The largest absolute Gasteiger partial charge is 0.462 e. The number of nitrogens with one attached hydrogen (secondary N) is 1. The van der Waals surface area contributed by atoms with Gasteiger partial charge in [0.1, 0.15) is 11.2 Å². The molecule has 0 fully saturated rings. The number of nitrogens with zero attached hydrogens (tertiary/aromatic N) is 2. The highest BCUT2D eigenvalue weighted by molar-refractivity contribution is 14.2. The monoisotopic (exact) mass is 557 g/mol. The van der Waals surface area contributed by atoms with E-state index in [0.29, 0.717) is 6.47 Å². The van der Waals surface area contributed by atoms with Gasteiger partial charge in [-0.25, -0.2) is 4.98 Å². The van der Waals surface area contributed by atoms with Gasteiger partial charge in [-0.2, -0.15) is 0 Å². The number of fused-ring (bicyclic) bond motifs is 2. The lowest BCUT2D eigenvalue weighted by Gasteiger charge is -2.28. The molecule has 160 valence electrons. The Kier molecular flexibility index (Phi) is 7.57. The predicted molar refractivity (Wildman–Crippen MR) is 135 cm³/mol. The van der Waals surface area contributed by atoms with Gasteiger partial charge in [0.2, 0.25) is 0 Å².